The zero-order valence-electron chi connectivity index (χ0n) is 13.3. The van der Waals surface area contributed by atoms with E-state index in [1.54, 1.807) is 0 Å². The van der Waals surface area contributed by atoms with E-state index in [-0.39, 0.29) is 17.7 Å². The van der Waals surface area contributed by atoms with Crippen molar-refractivity contribution in [2.45, 2.75) is 18.8 Å². The van der Waals surface area contributed by atoms with E-state index in [0.717, 1.165) is 22.2 Å². The second kappa shape index (κ2) is 4.45. The molecule has 2 aliphatic rings. The van der Waals surface area contributed by atoms with Gasteiger partial charge in [0.2, 0.25) is 11.8 Å². The summed E-state index contributed by atoms with van der Waals surface area (Å²) in [6.45, 7) is 1.99. The summed E-state index contributed by atoms with van der Waals surface area (Å²) in [7, 11) is 3.49. The first-order valence-corrected chi connectivity index (χ1v) is 7.77. The minimum Gasteiger partial charge on any atom is -0.347 e. The van der Waals surface area contributed by atoms with Crippen molar-refractivity contribution in [2.75, 3.05) is 7.05 Å². The van der Waals surface area contributed by atoms with E-state index in [0.29, 0.717) is 0 Å². The van der Waals surface area contributed by atoms with E-state index in [9.17, 15) is 14.9 Å². The molecular weight excluding hydrogens is 290 g/mol. The fourth-order valence-corrected chi connectivity index (χ4v) is 4.55. The number of nitriles is 1. The molecule has 2 heterocycles. The minimum absolute atomic E-state index is 0.0848. The maximum absolute atomic E-state index is 12.6. The lowest BCUT2D eigenvalue weighted by Gasteiger charge is -2.32. The van der Waals surface area contributed by atoms with Gasteiger partial charge in [0, 0.05) is 36.6 Å². The number of carbonyl (C=O) groups is 2. The Kier molecular flexibility index (Phi) is 2.71. The molecule has 4 atom stereocenters. The van der Waals surface area contributed by atoms with Crippen LogP contribution in [0.1, 0.15) is 30.0 Å². The highest BCUT2D eigenvalue weighted by Crippen LogP contribution is 2.52. The molecule has 1 fully saturated rings. The van der Waals surface area contributed by atoms with Crippen molar-refractivity contribution >= 4 is 22.7 Å². The van der Waals surface area contributed by atoms with Gasteiger partial charge in [-0.1, -0.05) is 25.1 Å². The molecule has 2 amide bonds. The van der Waals surface area contributed by atoms with Crippen LogP contribution in [0.3, 0.4) is 0 Å². The van der Waals surface area contributed by atoms with Gasteiger partial charge in [0.1, 0.15) is 0 Å². The summed E-state index contributed by atoms with van der Waals surface area (Å²) in [5, 5.41) is 10.8. The van der Waals surface area contributed by atoms with E-state index < -0.39 is 17.8 Å². The Balaban J connectivity index is 2.07. The van der Waals surface area contributed by atoms with Gasteiger partial charge in [0.25, 0.3) is 0 Å². The quantitative estimate of drug-likeness (QED) is 0.700. The van der Waals surface area contributed by atoms with Gasteiger partial charge in [0.05, 0.1) is 23.8 Å². The molecule has 2 aromatic rings. The molecule has 1 aromatic heterocycles. The number of aryl methyl sites for hydroxylation is 1. The Labute approximate surface area is 134 Å². The number of nitrogens with zero attached hydrogens (tertiary/aromatic N) is 3. The Morgan fingerprint density at radius 1 is 1.09 bits per heavy atom. The van der Waals surface area contributed by atoms with Crippen LogP contribution in [-0.4, -0.2) is 28.3 Å². The normalized spacial score (nSPS) is 29.6. The second-order valence-electron chi connectivity index (χ2n) is 6.56. The molecule has 1 aromatic carbocycles. The molecule has 0 N–H and O–H groups in total. The molecule has 0 radical (unpaired) electrons. The van der Waals surface area contributed by atoms with Crippen molar-refractivity contribution in [2.24, 2.45) is 18.9 Å². The highest BCUT2D eigenvalue weighted by Gasteiger charge is 2.57. The van der Waals surface area contributed by atoms with Crippen molar-refractivity contribution in [3.63, 3.8) is 0 Å². The number of aromatic nitrogens is 1. The zero-order chi connectivity index (χ0) is 16.5. The van der Waals surface area contributed by atoms with Crippen LogP contribution in [0.5, 0.6) is 0 Å². The van der Waals surface area contributed by atoms with Gasteiger partial charge in [-0.25, -0.2) is 0 Å². The van der Waals surface area contributed by atoms with E-state index in [4.69, 9.17) is 0 Å². The molecule has 0 bridgehead atoms. The first kappa shape index (κ1) is 14.0. The average Bonchev–Trinajstić information content (AvgIpc) is 2.97. The fraction of sp³-hybridized carbons (Fsp3) is 0.389. The molecule has 1 saturated heterocycles. The number of benzene rings is 1. The number of imide groups is 1. The average molecular weight is 307 g/mol. The van der Waals surface area contributed by atoms with Crippen LogP contribution in [0.25, 0.3) is 10.9 Å². The summed E-state index contributed by atoms with van der Waals surface area (Å²) in [6.07, 6.45) is 0. The highest BCUT2D eigenvalue weighted by atomic mass is 16.2. The van der Waals surface area contributed by atoms with Crippen LogP contribution in [-0.2, 0) is 16.6 Å². The van der Waals surface area contributed by atoms with Crippen LogP contribution < -0.4 is 0 Å². The largest absolute Gasteiger partial charge is 0.347 e. The SMILES string of the molecule is C[C@@H]1c2c(c3ccccc3n2C)[C@@H](C#N)[C@H]2C(=O)N(C)C(=O)[C@H]21. The number of para-hydroxylation sites is 1. The third-order valence-corrected chi connectivity index (χ3v) is 5.59. The maximum atomic E-state index is 12.6. The molecule has 5 heteroatoms. The second-order valence-corrected chi connectivity index (χ2v) is 6.56. The molecule has 23 heavy (non-hydrogen) atoms. The Bertz CT molecular complexity index is 905. The smallest absolute Gasteiger partial charge is 0.234 e. The Morgan fingerprint density at radius 2 is 1.74 bits per heavy atom. The zero-order valence-corrected chi connectivity index (χ0v) is 13.3. The van der Waals surface area contributed by atoms with Crippen molar-refractivity contribution in [3.05, 3.63) is 35.5 Å². The molecule has 116 valence electrons. The number of likely N-dealkylation sites (tertiary alicyclic amines) is 1. The van der Waals surface area contributed by atoms with Crippen molar-refractivity contribution in [3.8, 4) is 6.07 Å². The number of hydrogen-bond donors (Lipinski definition) is 0. The van der Waals surface area contributed by atoms with Crippen LogP contribution in [0.4, 0.5) is 0 Å². The van der Waals surface area contributed by atoms with Crippen LogP contribution in [0.2, 0.25) is 0 Å². The summed E-state index contributed by atoms with van der Waals surface area (Å²) in [6, 6.07) is 10.2. The van der Waals surface area contributed by atoms with Crippen LogP contribution in [0.15, 0.2) is 24.3 Å². The van der Waals surface area contributed by atoms with Gasteiger partial charge in [-0.15, -0.1) is 0 Å². The minimum atomic E-state index is -0.571. The van der Waals surface area contributed by atoms with Gasteiger partial charge in [-0.2, -0.15) is 5.26 Å². The molecule has 4 rings (SSSR count). The number of fused-ring (bicyclic) bond motifs is 4. The maximum Gasteiger partial charge on any atom is 0.234 e. The molecule has 0 unspecified atom stereocenters. The lowest BCUT2D eigenvalue weighted by molar-refractivity contribution is -0.138. The van der Waals surface area contributed by atoms with Crippen LogP contribution in [0, 0.1) is 23.2 Å². The molecule has 0 spiro atoms. The molecule has 5 nitrogen and oxygen atoms in total. The third-order valence-electron chi connectivity index (χ3n) is 5.59. The van der Waals surface area contributed by atoms with Crippen molar-refractivity contribution in [1.82, 2.24) is 9.47 Å². The lowest BCUT2D eigenvalue weighted by atomic mass is 9.67. The van der Waals surface area contributed by atoms with E-state index >= 15 is 0 Å². The van der Waals surface area contributed by atoms with E-state index in [1.165, 1.54) is 11.9 Å². The predicted octanol–water partition coefficient (Wildman–Crippen LogP) is 2.13. The summed E-state index contributed by atoms with van der Waals surface area (Å²) >= 11 is 0. The molecule has 1 aliphatic heterocycles. The molecule has 1 aliphatic carbocycles. The highest BCUT2D eigenvalue weighted by molar-refractivity contribution is 6.07. The first-order chi connectivity index (χ1) is 11.0. The summed E-state index contributed by atoms with van der Waals surface area (Å²) in [4.78, 5) is 26.3. The third kappa shape index (κ3) is 1.51. The lowest BCUT2D eigenvalue weighted by Crippen LogP contribution is -2.34. The van der Waals surface area contributed by atoms with Gasteiger partial charge < -0.3 is 4.57 Å². The molecular formula is C18H17N3O2. The monoisotopic (exact) mass is 307 g/mol. The van der Waals surface area contributed by atoms with Crippen molar-refractivity contribution < 1.29 is 9.59 Å². The number of rotatable bonds is 0. The predicted molar refractivity (Wildman–Crippen MR) is 84.4 cm³/mol. The standard InChI is InChI=1S/C18H17N3O2/c1-9-13-15(18(23)21(3)17(13)22)11(8-19)14-10-6-4-5-7-12(10)20(2)16(9)14/h4-7,9,11,13,15H,1-3H3/t9-,11+,13-,15+/m0/s1. The Morgan fingerprint density at radius 3 is 2.43 bits per heavy atom. The summed E-state index contributed by atoms with van der Waals surface area (Å²) < 4.78 is 2.08. The molecule has 0 saturated carbocycles. The number of hydrogen-bond acceptors (Lipinski definition) is 3. The van der Waals surface area contributed by atoms with Crippen LogP contribution >= 0.6 is 0 Å². The van der Waals surface area contributed by atoms with E-state index in [1.807, 2.05) is 38.2 Å². The number of amides is 2. The van der Waals surface area contributed by atoms with Gasteiger partial charge in [-0.3, -0.25) is 14.5 Å². The Hall–Kier alpha value is -2.61. The van der Waals surface area contributed by atoms with Gasteiger partial charge in [-0.05, 0) is 11.6 Å². The van der Waals surface area contributed by atoms with Gasteiger partial charge in [0.15, 0.2) is 0 Å². The van der Waals surface area contributed by atoms with Crippen molar-refractivity contribution in [1.29, 1.82) is 5.26 Å². The first-order valence-electron chi connectivity index (χ1n) is 7.77. The fourth-order valence-electron chi connectivity index (χ4n) is 4.55. The summed E-state index contributed by atoms with van der Waals surface area (Å²) in [5.41, 5.74) is 2.98. The number of carbonyl (C=O) groups excluding carboxylic acids is 2. The van der Waals surface area contributed by atoms with Gasteiger partial charge >= 0.3 is 0 Å². The summed E-state index contributed by atoms with van der Waals surface area (Å²) in [5.74, 6) is -2.05. The topological polar surface area (TPSA) is 66.1 Å². The van der Waals surface area contributed by atoms with E-state index in [2.05, 4.69) is 10.6 Å².